The van der Waals surface area contributed by atoms with Gasteiger partial charge in [-0.1, -0.05) is 48.5 Å². The van der Waals surface area contributed by atoms with E-state index < -0.39 is 0 Å². The van der Waals surface area contributed by atoms with Crippen molar-refractivity contribution in [1.82, 2.24) is 30.2 Å². The number of aryl methyl sites for hydroxylation is 2. The summed E-state index contributed by atoms with van der Waals surface area (Å²) < 4.78 is 3.91. The lowest BCUT2D eigenvalue weighted by Gasteiger charge is -2.10. The zero-order valence-corrected chi connectivity index (χ0v) is 19.6. The van der Waals surface area contributed by atoms with Crippen LogP contribution in [-0.2, 0) is 19.6 Å². The van der Waals surface area contributed by atoms with Crippen LogP contribution in [0.1, 0.15) is 39.5 Å². The minimum atomic E-state index is -0.212. The van der Waals surface area contributed by atoms with Crippen LogP contribution in [0.2, 0.25) is 0 Å². The number of carbonyl (C=O) groups is 1. The van der Waals surface area contributed by atoms with Gasteiger partial charge in [0.15, 0.2) is 0 Å². The summed E-state index contributed by atoms with van der Waals surface area (Å²) in [6, 6.07) is 20.0. The number of benzene rings is 2. The van der Waals surface area contributed by atoms with Crippen molar-refractivity contribution < 1.29 is 4.79 Å². The molecule has 0 bridgehead atoms. The molecule has 0 saturated carbocycles. The minimum Gasteiger partial charge on any atom is -0.334 e. The molecule has 2 aromatic carbocycles. The van der Waals surface area contributed by atoms with E-state index in [1.165, 1.54) is 5.56 Å². The molecule has 2 heterocycles. The van der Waals surface area contributed by atoms with Gasteiger partial charge in [-0.25, -0.2) is 9.48 Å². The summed E-state index contributed by atoms with van der Waals surface area (Å²) in [5, 5.41) is 15.3. The van der Waals surface area contributed by atoms with Crippen molar-refractivity contribution in [2.45, 2.75) is 47.3 Å². The summed E-state index contributed by atoms with van der Waals surface area (Å²) in [5.74, 6) is 0. The van der Waals surface area contributed by atoms with E-state index >= 15 is 0 Å². The predicted molar refractivity (Wildman–Crippen MR) is 129 cm³/mol. The fraction of sp³-hybridized carbons (Fsp3) is 0.269. The monoisotopic (exact) mass is 442 g/mol. The second kappa shape index (κ2) is 9.73. The largest absolute Gasteiger partial charge is 0.334 e. The first-order chi connectivity index (χ1) is 15.9. The molecule has 4 aromatic rings. The quantitative estimate of drug-likeness (QED) is 0.447. The number of hydrogen-bond donors (Lipinski definition) is 2. The molecule has 170 valence electrons. The van der Waals surface area contributed by atoms with Crippen LogP contribution in [0.15, 0.2) is 60.7 Å². The van der Waals surface area contributed by atoms with Crippen LogP contribution in [0.25, 0.3) is 5.69 Å². The van der Waals surface area contributed by atoms with Crippen molar-refractivity contribution in [3.63, 3.8) is 0 Å². The highest BCUT2D eigenvalue weighted by Crippen LogP contribution is 2.18. The number of nitrogens with one attached hydrogen (secondary N) is 2. The molecule has 33 heavy (non-hydrogen) atoms. The normalized spacial score (nSPS) is 10.9. The molecule has 4 rings (SSSR count). The van der Waals surface area contributed by atoms with Gasteiger partial charge >= 0.3 is 6.03 Å². The van der Waals surface area contributed by atoms with Gasteiger partial charge in [0, 0.05) is 35.6 Å². The molecule has 0 aliphatic rings. The molecule has 7 heteroatoms. The minimum absolute atomic E-state index is 0.212. The Kier molecular flexibility index (Phi) is 6.58. The molecule has 2 amide bonds. The molecular weight excluding hydrogens is 412 g/mol. The Labute approximate surface area is 194 Å². The highest BCUT2D eigenvalue weighted by molar-refractivity contribution is 5.74. The Balaban J connectivity index is 1.37. The van der Waals surface area contributed by atoms with Gasteiger partial charge in [-0.15, -0.1) is 0 Å². The third-order valence-electron chi connectivity index (χ3n) is 6.00. The molecule has 0 aliphatic heterocycles. The van der Waals surface area contributed by atoms with Crippen LogP contribution in [0, 0.1) is 27.7 Å². The summed E-state index contributed by atoms with van der Waals surface area (Å²) in [7, 11) is 0. The average Bonchev–Trinajstić information content (AvgIpc) is 3.26. The third kappa shape index (κ3) is 4.98. The van der Waals surface area contributed by atoms with Crippen LogP contribution in [-0.4, -0.2) is 25.6 Å². The van der Waals surface area contributed by atoms with Crippen LogP contribution in [0.5, 0.6) is 0 Å². The highest BCUT2D eigenvalue weighted by atomic mass is 16.2. The van der Waals surface area contributed by atoms with E-state index in [1.54, 1.807) is 0 Å². The SMILES string of the molecule is Cc1nn(Cc2ccccc2)c(C)c1CNC(=O)NCc1c(C)nn(-c2ccccc2)c1C. The summed E-state index contributed by atoms with van der Waals surface area (Å²) in [6.45, 7) is 9.58. The molecule has 0 fully saturated rings. The van der Waals surface area contributed by atoms with E-state index in [9.17, 15) is 4.79 Å². The number of hydrogen-bond acceptors (Lipinski definition) is 3. The van der Waals surface area contributed by atoms with Gasteiger partial charge in [0.2, 0.25) is 0 Å². The van der Waals surface area contributed by atoms with Gasteiger partial charge in [-0.3, -0.25) is 4.68 Å². The van der Waals surface area contributed by atoms with E-state index in [0.717, 1.165) is 39.6 Å². The second-order valence-corrected chi connectivity index (χ2v) is 8.23. The molecule has 0 radical (unpaired) electrons. The van der Waals surface area contributed by atoms with Gasteiger partial charge in [0.25, 0.3) is 0 Å². The fourth-order valence-electron chi connectivity index (χ4n) is 4.05. The summed E-state index contributed by atoms with van der Waals surface area (Å²) in [6.07, 6.45) is 0. The van der Waals surface area contributed by atoms with Crippen LogP contribution >= 0.6 is 0 Å². The number of amides is 2. The molecule has 0 saturated heterocycles. The number of carbonyl (C=O) groups excluding carboxylic acids is 1. The Morgan fingerprint density at radius 3 is 1.94 bits per heavy atom. The van der Waals surface area contributed by atoms with Crippen molar-refractivity contribution in [2.24, 2.45) is 0 Å². The number of nitrogens with zero attached hydrogens (tertiary/aromatic N) is 4. The maximum Gasteiger partial charge on any atom is 0.315 e. The highest BCUT2D eigenvalue weighted by Gasteiger charge is 2.15. The lowest BCUT2D eigenvalue weighted by Crippen LogP contribution is -2.35. The number of para-hydroxylation sites is 1. The lowest BCUT2D eigenvalue weighted by atomic mass is 10.2. The molecule has 7 nitrogen and oxygen atoms in total. The molecule has 2 N–H and O–H groups in total. The van der Waals surface area contributed by atoms with Crippen LogP contribution < -0.4 is 10.6 Å². The summed E-state index contributed by atoms with van der Waals surface area (Å²) in [4.78, 5) is 12.5. The van der Waals surface area contributed by atoms with Crippen molar-refractivity contribution in [3.05, 3.63) is 100 Å². The van der Waals surface area contributed by atoms with Crippen LogP contribution in [0.4, 0.5) is 4.79 Å². The second-order valence-electron chi connectivity index (χ2n) is 8.23. The van der Waals surface area contributed by atoms with Crippen LogP contribution in [0.3, 0.4) is 0 Å². The maximum atomic E-state index is 12.5. The van der Waals surface area contributed by atoms with Gasteiger partial charge in [0.1, 0.15) is 0 Å². The zero-order valence-electron chi connectivity index (χ0n) is 19.6. The van der Waals surface area contributed by atoms with Crippen molar-refractivity contribution >= 4 is 6.03 Å². The topological polar surface area (TPSA) is 76.8 Å². The Morgan fingerprint density at radius 1 is 0.758 bits per heavy atom. The van der Waals surface area contributed by atoms with E-state index in [2.05, 4.69) is 33.0 Å². The summed E-state index contributed by atoms with van der Waals surface area (Å²) in [5.41, 5.74) is 8.20. The molecule has 0 atom stereocenters. The van der Waals surface area contributed by atoms with E-state index in [1.807, 2.05) is 85.6 Å². The van der Waals surface area contributed by atoms with Gasteiger partial charge < -0.3 is 10.6 Å². The van der Waals surface area contributed by atoms with E-state index in [-0.39, 0.29) is 6.03 Å². The zero-order chi connectivity index (χ0) is 23.4. The Bertz CT molecular complexity index is 1240. The standard InChI is InChI=1S/C26H30N6O/c1-18-24(20(3)31(29-18)17-22-11-7-5-8-12-22)15-27-26(33)28-16-25-19(2)30-32(21(25)4)23-13-9-6-10-14-23/h5-14H,15-17H2,1-4H3,(H2,27,28,33). The van der Waals surface area contributed by atoms with Crippen molar-refractivity contribution in [3.8, 4) is 5.69 Å². The lowest BCUT2D eigenvalue weighted by molar-refractivity contribution is 0.240. The molecule has 0 unspecified atom stereocenters. The summed E-state index contributed by atoms with van der Waals surface area (Å²) >= 11 is 0. The number of rotatable bonds is 7. The number of aromatic nitrogens is 4. The van der Waals surface area contributed by atoms with Crippen molar-refractivity contribution in [2.75, 3.05) is 0 Å². The Morgan fingerprint density at radius 2 is 1.30 bits per heavy atom. The first kappa shape index (κ1) is 22.3. The van der Waals surface area contributed by atoms with Gasteiger partial charge in [-0.05, 0) is 45.4 Å². The predicted octanol–water partition coefficient (Wildman–Crippen LogP) is 4.35. The third-order valence-corrected chi connectivity index (χ3v) is 6.00. The average molecular weight is 443 g/mol. The molecule has 0 aliphatic carbocycles. The van der Waals surface area contributed by atoms with E-state index in [4.69, 9.17) is 0 Å². The molecule has 0 spiro atoms. The smallest absolute Gasteiger partial charge is 0.315 e. The Hall–Kier alpha value is -3.87. The first-order valence-electron chi connectivity index (χ1n) is 11.1. The first-order valence-corrected chi connectivity index (χ1v) is 11.1. The maximum absolute atomic E-state index is 12.5. The number of urea groups is 1. The van der Waals surface area contributed by atoms with Gasteiger partial charge in [-0.2, -0.15) is 10.2 Å². The van der Waals surface area contributed by atoms with Crippen molar-refractivity contribution in [1.29, 1.82) is 0 Å². The molecule has 2 aromatic heterocycles. The van der Waals surface area contributed by atoms with Gasteiger partial charge in [0.05, 0.1) is 23.6 Å². The van der Waals surface area contributed by atoms with E-state index in [0.29, 0.717) is 19.6 Å². The fourth-order valence-corrected chi connectivity index (χ4v) is 4.05. The molecular formula is C26H30N6O.